The van der Waals surface area contributed by atoms with Gasteiger partial charge in [0, 0.05) is 15.9 Å². The van der Waals surface area contributed by atoms with Crippen molar-refractivity contribution in [3.8, 4) is 0 Å². The zero-order chi connectivity index (χ0) is 13.4. The van der Waals surface area contributed by atoms with Crippen molar-refractivity contribution in [3.05, 3.63) is 0 Å². The zero-order valence-electron chi connectivity index (χ0n) is 13.3. The molecule has 0 bridgehead atoms. The van der Waals surface area contributed by atoms with Gasteiger partial charge in [-0.2, -0.15) is 0 Å². The van der Waals surface area contributed by atoms with Gasteiger partial charge in [-0.25, -0.2) is 0 Å². The van der Waals surface area contributed by atoms with Crippen LogP contribution in [0.5, 0.6) is 0 Å². The van der Waals surface area contributed by atoms with Gasteiger partial charge in [0.25, 0.3) is 0 Å². The second-order valence-electron chi connectivity index (χ2n) is 8.20. The SMILES string of the molecule is CC(C)C[Si](C(C)(C)C)[Si](C)(C)C(C)(C)C. The minimum Gasteiger partial charge on any atom is -0.0711 e. The first-order valence-electron chi connectivity index (χ1n) is 6.67. The Balaban J connectivity index is 5.19. The predicted octanol–water partition coefficient (Wildman–Crippen LogP) is 5.52. The summed E-state index contributed by atoms with van der Waals surface area (Å²) in [7, 11) is -1.39. The van der Waals surface area contributed by atoms with Crippen LogP contribution in [0.2, 0.25) is 29.2 Å². The smallest absolute Gasteiger partial charge is 0.0471 e. The van der Waals surface area contributed by atoms with Crippen LogP contribution in [0.15, 0.2) is 0 Å². The summed E-state index contributed by atoms with van der Waals surface area (Å²) < 4.78 is 0. The third kappa shape index (κ3) is 4.03. The fourth-order valence-electron chi connectivity index (χ4n) is 2.36. The van der Waals surface area contributed by atoms with Gasteiger partial charge in [0.2, 0.25) is 0 Å². The van der Waals surface area contributed by atoms with Crippen molar-refractivity contribution < 1.29 is 0 Å². The van der Waals surface area contributed by atoms with Crippen LogP contribution in [0.25, 0.3) is 0 Å². The van der Waals surface area contributed by atoms with Crippen LogP contribution in [-0.2, 0) is 0 Å². The summed E-state index contributed by atoms with van der Waals surface area (Å²) in [4.78, 5) is 0. The Bertz CT molecular complexity index is 216. The van der Waals surface area contributed by atoms with Gasteiger partial charge in [-0.05, 0) is 16.0 Å². The summed E-state index contributed by atoms with van der Waals surface area (Å²) in [5.74, 6) is 0.863. The topological polar surface area (TPSA) is 0 Å². The molecule has 0 aliphatic carbocycles. The average molecular weight is 258 g/mol. The Kier molecular flexibility index (Phi) is 5.11. The number of hydrogen-bond acceptors (Lipinski definition) is 0. The van der Waals surface area contributed by atoms with Crippen LogP contribution in [0.3, 0.4) is 0 Å². The van der Waals surface area contributed by atoms with Crippen LogP contribution in [0, 0.1) is 5.92 Å². The highest BCUT2D eigenvalue weighted by Crippen LogP contribution is 2.46. The Morgan fingerprint density at radius 2 is 1.31 bits per heavy atom. The van der Waals surface area contributed by atoms with Crippen LogP contribution in [-0.4, -0.2) is 15.9 Å². The van der Waals surface area contributed by atoms with Crippen LogP contribution >= 0.6 is 0 Å². The molecular formula is C14H33Si2. The molecule has 0 aromatic carbocycles. The van der Waals surface area contributed by atoms with Gasteiger partial charge in [0.15, 0.2) is 0 Å². The molecule has 0 rings (SSSR count). The Labute approximate surface area is 107 Å². The van der Waals surface area contributed by atoms with Crippen molar-refractivity contribution in [1.29, 1.82) is 0 Å². The van der Waals surface area contributed by atoms with Crippen molar-refractivity contribution in [2.45, 2.75) is 84.6 Å². The maximum atomic E-state index is 2.63. The van der Waals surface area contributed by atoms with E-state index >= 15 is 0 Å². The largest absolute Gasteiger partial charge is 0.0711 e. The first-order valence-corrected chi connectivity index (χ1v) is 12.4. The third-order valence-electron chi connectivity index (χ3n) is 4.15. The lowest BCUT2D eigenvalue weighted by atomic mass is 10.2. The standard InChI is InChI=1S/C14H33Si2/c1-12(2)11-15(13(3,4)5)16(9,10)14(6,7)8/h12H,11H2,1-10H3. The highest BCUT2D eigenvalue weighted by molar-refractivity contribution is 7.34. The second-order valence-corrected chi connectivity index (χ2v) is 21.4. The normalized spacial score (nSPS) is 15.0. The Morgan fingerprint density at radius 3 is 1.50 bits per heavy atom. The molecule has 1 radical (unpaired) electrons. The molecule has 97 valence electrons. The van der Waals surface area contributed by atoms with Gasteiger partial charge < -0.3 is 0 Å². The first kappa shape index (κ1) is 16.4. The molecule has 0 amide bonds. The minimum absolute atomic E-state index is 0.254. The van der Waals surface area contributed by atoms with Gasteiger partial charge in [0.1, 0.15) is 0 Å². The molecule has 0 aliphatic rings. The van der Waals surface area contributed by atoms with E-state index in [-0.39, 0.29) is 8.31 Å². The van der Waals surface area contributed by atoms with Crippen molar-refractivity contribution in [2.24, 2.45) is 5.92 Å². The molecule has 2 heteroatoms. The molecule has 0 saturated carbocycles. The van der Waals surface area contributed by atoms with E-state index in [1.807, 2.05) is 0 Å². The van der Waals surface area contributed by atoms with Gasteiger partial charge in [-0.1, -0.05) is 74.5 Å². The second kappa shape index (κ2) is 4.97. The monoisotopic (exact) mass is 257 g/mol. The molecule has 0 fully saturated rings. The molecule has 0 spiro atoms. The molecular weight excluding hydrogens is 224 g/mol. The Hall–Kier alpha value is 0.434. The third-order valence-corrected chi connectivity index (χ3v) is 22.1. The van der Waals surface area contributed by atoms with Crippen molar-refractivity contribution >= 4 is 15.9 Å². The molecule has 0 aromatic heterocycles. The maximum absolute atomic E-state index is 2.63. The molecule has 0 aliphatic heterocycles. The lowest BCUT2D eigenvalue weighted by molar-refractivity contribution is 0.670. The van der Waals surface area contributed by atoms with E-state index in [0.717, 1.165) is 5.92 Å². The van der Waals surface area contributed by atoms with Gasteiger partial charge in [-0.15, -0.1) is 0 Å². The predicted molar refractivity (Wildman–Crippen MR) is 82.3 cm³/mol. The molecule has 0 N–H and O–H groups in total. The van der Waals surface area contributed by atoms with E-state index in [0.29, 0.717) is 10.1 Å². The highest BCUT2D eigenvalue weighted by Gasteiger charge is 2.47. The Morgan fingerprint density at radius 1 is 0.938 bits per heavy atom. The fourth-order valence-corrected chi connectivity index (χ4v) is 18.2. The van der Waals surface area contributed by atoms with E-state index in [4.69, 9.17) is 0 Å². The van der Waals surface area contributed by atoms with E-state index in [1.165, 1.54) is 6.04 Å². The van der Waals surface area contributed by atoms with E-state index in [2.05, 4.69) is 68.5 Å². The number of hydrogen-bond donors (Lipinski definition) is 0. The minimum atomic E-state index is -1.13. The lowest BCUT2D eigenvalue weighted by Crippen LogP contribution is -2.57. The van der Waals surface area contributed by atoms with E-state index < -0.39 is 7.59 Å². The molecule has 0 aromatic rings. The number of rotatable bonds is 3. The fraction of sp³-hybridized carbons (Fsp3) is 1.00. The molecule has 0 heterocycles. The molecule has 0 unspecified atom stereocenters. The quantitative estimate of drug-likeness (QED) is 0.584. The molecule has 0 nitrogen and oxygen atoms in total. The summed E-state index contributed by atoms with van der Waals surface area (Å²) in [6.45, 7) is 24.9. The van der Waals surface area contributed by atoms with Crippen molar-refractivity contribution in [1.82, 2.24) is 0 Å². The molecule has 0 atom stereocenters. The molecule has 16 heavy (non-hydrogen) atoms. The highest BCUT2D eigenvalue weighted by atomic mass is 29.2. The van der Waals surface area contributed by atoms with E-state index in [1.54, 1.807) is 0 Å². The summed E-state index contributed by atoms with van der Waals surface area (Å²) in [5, 5.41) is 1.10. The first-order chi connectivity index (χ1) is 6.80. The van der Waals surface area contributed by atoms with Crippen molar-refractivity contribution in [3.63, 3.8) is 0 Å². The van der Waals surface area contributed by atoms with Crippen LogP contribution in [0.1, 0.15) is 55.4 Å². The van der Waals surface area contributed by atoms with Crippen LogP contribution < -0.4 is 0 Å². The van der Waals surface area contributed by atoms with Gasteiger partial charge in [-0.3, -0.25) is 0 Å². The summed E-state index contributed by atoms with van der Waals surface area (Å²) >= 11 is 0. The summed E-state index contributed by atoms with van der Waals surface area (Å²) in [5.41, 5.74) is 0. The zero-order valence-corrected chi connectivity index (χ0v) is 15.3. The lowest BCUT2D eigenvalue weighted by Gasteiger charge is -2.48. The molecule has 0 saturated heterocycles. The van der Waals surface area contributed by atoms with E-state index in [9.17, 15) is 0 Å². The summed E-state index contributed by atoms with van der Waals surface area (Å²) in [6.07, 6.45) is 0. The van der Waals surface area contributed by atoms with Gasteiger partial charge in [0.05, 0.1) is 0 Å². The van der Waals surface area contributed by atoms with Crippen LogP contribution in [0.4, 0.5) is 0 Å². The van der Waals surface area contributed by atoms with Crippen molar-refractivity contribution in [2.75, 3.05) is 0 Å². The summed E-state index contributed by atoms with van der Waals surface area (Å²) in [6, 6.07) is 1.49. The van der Waals surface area contributed by atoms with Gasteiger partial charge >= 0.3 is 0 Å². The maximum Gasteiger partial charge on any atom is 0.0471 e. The average Bonchev–Trinajstić information content (AvgIpc) is 1.95.